The largest absolute Gasteiger partial charge is 0.507 e. The van der Waals surface area contributed by atoms with Crippen LogP contribution in [0.1, 0.15) is 38.8 Å². The lowest BCUT2D eigenvalue weighted by molar-refractivity contribution is 0.0989. The maximum absolute atomic E-state index is 11.9. The van der Waals surface area contributed by atoms with E-state index in [1.807, 2.05) is 0 Å². The molecule has 0 amide bonds. The highest BCUT2D eigenvalue weighted by Gasteiger charge is 2.32. The molecule has 21 heavy (non-hydrogen) atoms. The van der Waals surface area contributed by atoms with Crippen molar-refractivity contribution in [2.45, 2.75) is 25.9 Å². The number of rotatable bonds is 1. The van der Waals surface area contributed by atoms with Gasteiger partial charge in [0.25, 0.3) is 0 Å². The maximum Gasteiger partial charge on any atom is 0.190 e. The molecule has 0 heterocycles. The van der Waals surface area contributed by atoms with Crippen LogP contribution in [0.5, 0.6) is 11.5 Å². The molecule has 0 aromatic heterocycles. The van der Waals surface area contributed by atoms with Crippen molar-refractivity contribution in [3.8, 4) is 11.5 Å². The molecule has 1 aromatic carbocycles. The number of benzene rings is 1. The van der Waals surface area contributed by atoms with Gasteiger partial charge in [-0.3, -0.25) is 9.59 Å². The van der Waals surface area contributed by atoms with E-state index < -0.39 is 17.7 Å². The number of allylic oxidation sites excluding steroid dienone is 3. The molecule has 5 heteroatoms. The lowest BCUT2D eigenvalue weighted by Gasteiger charge is -2.24. The number of hydrogen-bond acceptors (Lipinski definition) is 5. The first-order valence-corrected chi connectivity index (χ1v) is 6.65. The zero-order chi connectivity index (χ0) is 15.3. The summed E-state index contributed by atoms with van der Waals surface area (Å²) in [6.45, 7) is 1.61. The minimum Gasteiger partial charge on any atom is -0.507 e. The van der Waals surface area contributed by atoms with Gasteiger partial charge in [0.05, 0.1) is 17.2 Å². The zero-order valence-corrected chi connectivity index (χ0v) is 11.4. The second kappa shape index (κ2) is 4.56. The van der Waals surface area contributed by atoms with E-state index in [4.69, 9.17) is 0 Å². The van der Waals surface area contributed by atoms with Gasteiger partial charge in [-0.25, -0.2) is 0 Å². The topological polar surface area (TPSA) is 94.8 Å². The molecular weight excluding hydrogens is 272 g/mol. The minimum atomic E-state index is -0.673. The molecule has 0 spiro atoms. The van der Waals surface area contributed by atoms with E-state index in [1.165, 1.54) is 0 Å². The fourth-order valence-corrected chi connectivity index (χ4v) is 2.86. The van der Waals surface area contributed by atoms with Gasteiger partial charge in [-0.15, -0.1) is 0 Å². The number of phenols is 2. The van der Waals surface area contributed by atoms with Crippen molar-refractivity contribution < 1.29 is 24.9 Å². The van der Waals surface area contributed by atoms with Gasteiger partial charge in [0.2, 0.25) is 0 Å². The quantitative estimate of drug-likeness (QED) is 0.536. The van der Waals surface area contributed by atoms with Gasteiger partial charge in [-0.2, -0.15) is 0 Å². The molecule has 1 atom stereocenters. The SMILES string of the molecule is CC(O)C1=CCc2c(O)c3c(c(O)c2C1)C(=O)C=CC3=O. The second-order valence-electron chi connectivity index (χ2n) is 5.30. The molecule has 0 fully saturated rings. The summed E-state index contributed by atoms with van der Waals surface area (Å²) in [5, 5.41) is 30.3. The Bertz CT molecular complexity index is 738. The van der Waals surface area contributed by atoms with Crippen molar-refractivity contribution in [3.63, 3.8) is 0 Å². The highest BCUT2D eigenvalue weighted by atomic mass is 16.3. The fourth-order valence-electron chi connectivity index (χ4n) is 2.86. The van der Waals surface area contributed by atoms with Crippen LogP contribution in [0.25, 0.3) is 0 Å². The molecule has 5 nitrogen and oxygen atoms in total. The summed E-state index contributed by atoms with van der Waals surface area (Å²) in [5.74, 6) is -1.52. The van der Waals surface area contributed by atoms with Gasteiger partial charge in [-0.05, 0) is 37.5 Å². The van der Waals surface area contributed by atoms with Crippen molar-refractivity contribution in [1.82, 2.24) is 0 Å². The number of aliphatic hydroxyl groups is 1. The van der Waals surface area contributed by atoms with Gasteiger partial charge in [0.1, 0.15) is 11.5 Å². The lowest BCUT2D eigenvalue weighted by atomic mass is 9.81. The van der Waals surface area contributed by atoms with E-state index >= 15 is 0 Å². The Kier molecular flexibility index (Phi) is 2.95. The summed E-state index contributed by atoms with van der Waals surface area (Å²) in [7, 11) is 0. The summed E-state index contributed by atoms with van der Waals surface area (Å²) >= 11 is 0. The van der Waals surface area contributed by atoms with Crippen LogP contribution in [0.2, 0.25) is 0 Å². The average molecular weight is 286 g/mol. The molecule has 1 unspecified atom stereocenters. The Hall–Kier alpha value is -2.40. The summed E-state index contributed by atoms with van der Waals surface area (Å²) in [4.78, 5) is 23.8. The Morgan fingerprint density at radius 1 is 1.00 bits per heavy atom. The first-order valence-electron chi connectivity index (χ1n) is 6.65. The fraction of sp³-hybridized carbons (Fsp3) is 0.250. The molecule has 0 saturated carbocycles. The molecule has 108 valence electrons. The summed E-state index contributed by atoms with van der Waals surface area (Å²) in [5.41, 5.74) is 1.27. The van der Waals surface area contributed by atoms with Crippen molar-refractivity contribution >= 4 is 11.6 Å². The van der Waals surface area contributed by atoms with Gasteiger partial charge in [-0.1, -0.05) is 6.08 Å². The molecule has 3 N–H and O–H groups in total. The lowest BCUT2D eigenvalue weighted by Crippen LogP contribution is -2.18. The van der Waals surface area contributed by atoms with Crippen LogP contribution in [-0.4, -0.2) is 33.0 Å². The van der Waals surface area contributed by atoms with Crippen molar-refractivity contribution in [1.29, 1.82) is 0 Å². The molecule has 3 rings (SSSR count). The van der Waals surface area contributed by atoms with Crippen LogP contribution < -0.4 is 0 Å². The summed E-state index contributed by atoms with van der Waals surface area (Å²) in [6.07, 6.45) is 3.82. The number of phenolic OH excluding ortho intramolecular Hbond substituents is 2. The van der Waals surface area contributed by atoms with E-state index in [0.717, 1.165) is 12.2 Å². The Morgan fingerprint density at radius 3 is 2.05 bits per heavy atom. The van der Waals surface area contributed by atoms with Gasteiger partial charge in [0.15, 0.2) is 11.6 Å². The Labute approximate surface area is 120 Å². The average Bonchev–Trinajstić information content (AvgIpc) is 2.46. The highest BCUT2D eigenvalue weighted by molar-refractivity contribution is 6.24. The summed E-state index contributed by atoms with van der Waals surface area (Å²) in [6, 6.07) is 0. The molecule has 0 saturated heterocycles. The molecule has 2 aliphatic rings. The maximum atomic E-state index is 11.9. The van der Waals surface area contributed by atoms with Crippen LogP contribution in [-0.2, 0) is 12.8 Å². The van der Waals surface area contributed by atoms with Crippen molar-refractivity contribution in [3.05, 3.63) is 46.1 Å². The van der Waals surface area contributed by atoms with Crippen LogP contribution in [0.3, 0.4) is 0 Å². The van der Waals surface area contributed by atoms with Crippen LogP contribution >= 0.6 is 0 Å². The number of aliphatic hydroxyl groups excluding tert-OH is 1. The smallest absolute Gasteiger partial charge is 0.190 e. The van der Waals surface area contributed by atoms with Crippen LogP contribution in [0, 0.1) is 0 Å². The van der Waals surface area contributed by atoms with Crippen LogP contribution in [0.15, 0.2) is 23.8 Å². The highest BCUT2D eigenvalue weighted by Crippen LogP contribution is 2.43. The van der Waals surface area contributed by atoms with E-state index in [-0.39, 0.29) is 29.0 Å². The second-order valence-corrected chi connectivity index (χ2v) is 5.30. The first kappa shape index (κ1) is 13.6. The predicted molar refractivity (Wildman–Crippen MR) is 74.7 cm³/mol. The number of hydrogen-bond donors (Lipinski definition) is 3. The van der Waals surface area contributed by atoms with Gasteiger partial charge in [0, 0.05) is 11.1 Å². The number of carbonyl (C=O) groups excluding carboxylic acids is 2. The molecular formula is C16H14O5. The third kappa shape index (κ3) is 1.89. The summed E-state index contributed by atoms with van der Waals surface area (Å²) < 4.78 is 0. The number of fused-ring (bicyclic) bond motifs is 2. The van der Waals surface area contributed by atoms with E-state index in [1.54, 1.807) is 13.0 Å². The van der Waals surface area contributed by atoms with Gasteiger partial charge < -0.3 is 15.3 Å². The van der Waals surface area contributed by atoms with Crippen molar-refractivity contribution in [2.75, 3.05) is 0 Å². The predicted octanol–water partition coefficient (Wildman–Crippen LogP) is 1.44. The molecule has 0 radical (unpaired) electrons. The third-order valence-corrected chi connectivity index (χ3v) is 4.02. The van der Waals surface area contributed by atoms with E-state index in [9.17, 15) is 24.9 Å². The first-order chi connectivity index (χ1) is 9.91. The standard InChI is InChI=1S/C16H14O5/c1-7(17)8-2-3-9-10(6-8)16(21)14-12(19)5-4-11(18)13(14)15(9)20/h2,4-5,7,17,20-21H,3,6H2,1H3. The molecule has 0 bridgehead atoms. The van der Waals surface area contributed by atoms with E-state index in [0.29, 0.717) is 23.1 Å². The zero-order valence-electron chi connectivity index (χ0n) is 11.4. The minimum absolute atomic E-state index is 0.132. The van der Waals surface area contributed by atoms with Crippen LogP contribution in [0.4, 0.5) is 0 Å². The number of aromatic hydroxyl groups is 2. The Balaban J connectivity index is 2.26. The molecule has 2 aliphatic carbocycles. The Morgan fingerprint density at radius 2 is 1.52 bits per heavy atom. The van der Waals surface area contributed by atoms with E-state index in [2.05, 4.69) is 0 Å². The molecule has 0 aliphatic heterocycles. The number of ketones is 2. The van der Waals surface area contributed by atoms with Gasteiger partial charge >= 0.3 is 0 Å². The monoisotopic (exact) mass is 286 g/mol. The normalized spacial score (nSPS) is 18.1. The molecule has 1 aromatic rings. The number of carbonyl (C=O) groups is 2. The third-order valence-electron chi connectivity index (χ3n) is 4.02. The van der Waals surface area contributed by atoms with Crippen molar-refractivity contribution in [2.24, 2.45) is 0 Å².